The lowest BCUT2D eigenvalue weighted by Gasteiger charge is -2.21. The van der Waals surface area contributed by atoms with Gasteiger partial charge in [0, 0.05) is 6.07 Å². The van der Waals surface area contributed by atoms with Crippen molar-refractivity contribution in [1.29, 1.82) is 5.26 Å². The van der Waals surface area contributed by atoms with E-state index < -0.39 is 0 Å². The molecule has 2 rings (SSSR count). The summed E-state index contributed by atoms with van der Waals surface area (Å²) in [5.41, 5.74) is 2.63. The summed E-state index contributed by atoms with van der Waals surface area (Å²) in [5.74, 6) is 1.48. The van der Waals surface area contributed by atoms with Gasteiger partial charge in [-0.05, 0) is 25.0 Å². The number of fused-ring (bicyclic) bond motifs is 1. The quantitative estimate of drug-likeness (QED) is 0.626. The molecule has 14 heavy (non-hydrogen) atoms. The third-order valence-electron chi connectivity index (χ3n) is 2.51. The average Bonchev–Trinajstić information content (AvgIpc) is 2.23. The number of ether oxygens (including phenoxy) is 2. The second-order valence-corrected chi connectivity index (χ2v) is 3.31. The van der Waals surface area contributed by atoms with Gasteiger partial charge in [-0.15, -0.1) is 0 Å². The van der Waals surface area contributed by atoms with Crippen LogP contribution in [0.15, 0.2) is 6.07 Å². The number of nitriles is 1. The van der Waals surface area contributed by atoms with Crippen LogP contribution in [0.1, 0.15) is 16.7 Å². The van der Waals surface area contributed by atoms with Crippen molar-refractivity contribution in [2.45, 2.75) is 13.8 Å². The Hall–Kier alpha value is -1.69. The number of benzene rings is 1. The zero-order chi connectivity index (χ0) is 10.1. The fourth-order valence-electron chi connectivity index (χ4n) is 1.56. The first-order valence-corrected chi connectivity index (χ1v) is 4.54. The Kier molecular flexibility index (Phi) is 2.05. The predicted octanol–water partition coefficient (Wildman–Crippen LogP) is 1.95. The maximum atomic E-state index is 8.90. The first kappa shape index (κ1) is 8.89. The van der Waals surface area contributed by atoms with E-state index in [9.17, 15) is 0 Å². The van der Waals surface area contributed by atoms with Gasteiger partial charge >= 0.3 is 0 Å². The van der Waals surface area contributed by atoms with E-state index >= 15 is 0 Å². The minimum absolute atomic E-state index is 0.556. The van der Waals surface area contributed by atoms with Gasteiger partial charge in [-0.25, -0.2) is 0 Å². The summed E-state index contributed by atoms with van der Waals surface area (Å²) in [6.45, 7) is 5.01. The number of hydrogen-bond acceptors (Lipinski definition) is 3. The monoisotopic (exact) mass is 189 g/mol. The second-order valence-electron chi connectivity index (χ2n) is 3.31. The summed E-state index contributed by atoms with van der Waals surface area (Å²) in [5, 5.41) is 8.90. The fraction of sp³-hybridized carbons (Fsp3) is 0.364. The third-order valence-corrected chi connectivity index (χ3v) is 2.51. The minimum atomic E-state index is 0.556. The van der Waals surface area contributed by atoms with Gasteiger partial charge in [0.15, 0.2) is 11.5 Å². The first-order valence-electron chi connectivity index (χ1n) is 4.54. The summed E-state index contributed by atoms with van der Waals surface area (Å²) >= 11 is 0. The van der Waals surface area contributed by atoms with Crippen LogP contribution in [0.2, 0.25) is 0 Å². The molecule has 0 aliphatic carbocycles. The highest BCUT2D eigenvalue weighted by atomic mass is 16.6. The molecule has 0 amide bonds. The molecule has 0 spiro atoms. The van der Waals surface area contributed by atoms with Gasteiger partial charge in [-0.3, -0.25) is 0 Å². The number of rotatable bonds is 0. The van der Waals surface area contributed by atoms with Gasteiger partial charge in [0.05, 0.1) is 11.6 Å². The molecule has 0 aromatic heterocycles. The van der Waals surface area contributed by atoms with E-state index in [1.807, 2.05) is 13.8 Å². The lowest BCUT2D eigenvalue weighted by molar-refractivity contribution is 0.170. The van der Waals surface area contributed by atoms with Crippen molar-refractivity contribution in [3.05, 3.63) is 22.8 Å². The maximum absolute atomic E-state index is 8.90. The maximum Gasteiger partial charge on any atom is 0.164 e. The van der Waals surface area contributed by atoms with E-state index in [1.54, 1.807) is 6.07 Å². The highest BCUT2D eigenvalue weighted by molar-refractivity contribution is 5.57. The molecule has 3 nitrogen and oxygen atoms in total. The molecule has 0 bridgehead atoms. The molecule has 0 radical (unpaired) electrons. The van der Waals surface area contributed by atoms with Gasteiger partial charge in [-0.2, -0.15) is 5.26 Å². The van der Waals surface area contributed by atoms with Gasteiger partial charge in [-0.1, -0.05) is 0 Å². The van der Waals surface area contributed by atoms with E-state index in [0.717, 1.165) is 16.9 Å². The highest BCUT2D eigenvalue weighted by Gasteiger charge is 2.17. The molecular formula is C11H11NO2. The van der Waals surface area contributed by atoms with Crippen molar-refractivity contribution in [2.75, 3.05) is 13.2 Å². The molecule has 0 unspecified atom stereocenters. The molecule has 0 atom stereocenters. The predicted molar refractivity (Wildman–Crippen MR) is 51.6 cm³/mol. The Morgan fingerprint density at radius 3 is 2.64 bits per heavy atom. The Morgan fingerprint density at radius 2 is 1.93 bits per heavy atom. The topological polar surface area (TPSA) is 42.2 Å². The van der Waals surface area contributed by atoms with Crippen LogP contribution in [0.25, 0.3) is 0 Å². The molecule has 1 heterocycles. The van der Waals surface area contributed by atoms with Crippen molar-refractivity contribution in [3.63, 3.8) is 0 Å². The van der Waals surface area contributed by atoms with Crippen LogP contribution >= 0.6 is 0 Å². The van der Waals surface area contributed by atoms with Gasteiger partial charge in [0.2, 0.25) is 0 Å². The third kappa shape index (κ3) is 1.20. The van der Waals surface area contributed by atoms with Crippen molar-refractivity contribution in [3.8, 4) is 17.6 Å². The van der Waals surface area contributed by atoms with E-state index in [2.05, 4.69) is 6.07 Å². The van der Waals surface area contributed by atoms with E-state index in [4.69, 9.17) is 14.7 Å². The molecule has 0 fully saturated rings. The average molecular weight is 189 g/mol. The molecule has 1 aliphatic heterocycles. The van der Waals surface area contributed by atoms with Gasteiger partial charge < -0.3 is 9.47 Å². The Balaban J connectivity index is 2.64. The van der Waals surface area contributed by atoms with Gasteiger partial charge in [0.1, 0.15) is 13.2 Å². The number of nitrogens with zero attached hydrogens (tertiary/aromatic N) is 1. The summed E-state index contributed by atoms with van der Waals surface area (Å²) in [7, 11) is 0. The van der Waals surface area contributed by atoms with Crippen molar-refractivity contribution >= 4 is 0 Å². The molecule has 1 aromatic carbocycles. The van der Waals surface area contributed by atoms with Crippen molar-refractivity contribution < 1.29 is 9.47 Å². The van der Waals surface area contributed by atoms with Crippen LogP contribution in [0.5, 0.6) is 11.5 Å². The largest absolute Gasteiger partial charge is 0.486 e. The van der Waals surface area contributed by atoms with Crippen LogP contribution in [0.3, 0.4) is 0 Å². The summed E-state index contributed by atoms with van der Waals surface area (Å²) in [6, 6.07) is 3.90. The standard InChI is InChI=1S/C11H11NO2/c1-7-8(2)11-10(5-9(7)6-12)13-3-4-14-11/h5H,3-4H2,1-2H3. The summed E-state index contributed by atoms with van der Waals surface area (Å²) in [6.07, 6.45) is 0. The highest BCUT2D eigenvalue weighted by Crippen LogP contribution is 2.36. The van der Waals surface area contributed by atoms with Crippen LogP contribution in [-0.4, -0.2) is 13.2 Å². The Labute approximate surface area is 82.9 Å². The zero-order valence-electron chi connectivity index (χ0n) is 8.26. The van der Waals surface area contributed by atoms with E-state index in [1.165, 1.54) is 0 Å². The molecule has 1 aliphatic rings. The zero-order valence-corrected chi connectivity index (χ0v) is 8.26. The second kappa shape index (κ2) is 3.22. The Bertz CT molecular complexity index is 418. The molecule has 0 saturated heterocycles. The van der Waals surface area contributed by atoms with Gasteiger partial charge in [0.25, 0.3) is 0 Å². The molecule has 72 valence electrons. The fourth-order valence-corrected chi connectivity index (χ4v) is 1.56. The SMILES string of the molecule is Cc1c(C#N)cc2c(c1C)OCCO2. The molecule has 0 saturated carbocycles. The lowest BCUT2D eigenvalue weighted by Crippen LogP contribution is -2.16. The smallest absolute Gasteiger partial charge is 0.164 e. The summed E-state index contributed by atoms with van der Waals surface area (Å²) in [4.78, 5) is 0. The van der Waals surface area contributed by atoms with Crippen LogP contribution < -0.4 is 9.47 Å². The molecule has 3 heteroatoms. The van der Waals surface area contributed by atoms with Crippen LogP contribution in [0.4, 0.5) is 0 Å². The minimum Gasteiger partial charge on any atom is -0.486 e. The molecular weight excluding hydrogens is 178 g/mol. The van der Waals surface area contributed by atoms with E-state index in [0.29, 0.717) is 24.5 Å². The summed E-state index contributed by atoms with van der Waals surface area (Å²) < 4.78 is 10.9. The van der Waals surface area contributed by atoms with Crippen molar-refractivity contribution in [1.82, 2.24) is 0 Å². The molecule has 0 N–H and O–H groups in total. The van der Waals surface area contributed by atoms with Crippen LogP contribution in [-0.2, 0) is 0 Å². The normalized spacial score (nSPS) is 13.5. The van der Waals surface area contributed by atoms with E-state index in [-0.39, 0.29) is 0 Å². The van der Waals surface area contributed by atoms with Crippen molar-refractivity contribution in [2.24, 2.45) is 0 Å². The lowest BCUT2D eigenvalue weighted by atomic mass is 10.0. The first-order chi connectivity index (χ1) is 6.74. The van der Waals surface area contributed by atoms with Crippen LogP contribution in [0, 0.1) is 25.2 Å². The molecule has 1 aromatic rings. The number of hydrogen-bond donors (Lipinski definition) is 0. The Morgan fingerprint density at radius 1 is 1.21 bits per heavy atom.